The summed E-state index contributed by atoms with van der Waals surface area (Å²) >= 11 is 0. The second kappa shape index (κ2) is 10.4. The molecule has 202 valence electrons. The minimum Gasteiger partial charge on any atom is -0.496 e. The molecule has 3 heterocycles. The van der Waals surface area contributed by atoms with Crippen LogP contribution in [0.15, 0.2) is 59.6 Å². The number of hydrogen-bond acceptors (Lipinski definition) is 8. The molecule has 10 nitrogen and oxygen atoms in total. The van der Waals surface area contributed by atoms with Gasteiger partial charge in [0.15, 0.2) is 0 Å². The van der Waals surface area contributed by atoms with Crippen molar-refractivity contribution in [1.82, 2.24) is 19.9 Å². The molecule has 1 amide bonds. The quantitative estimate of drug-likeness (QED) is 0.428. The molecule has 3 aromatic rings. The maximum absolute atomic E-state index is 13.6. The molecule has 1 saturated heterocycles. The normalized spacial score (nSPS) is 19.8. The standard InChI is InChI=1S/C29H31N5O5/c1-7-23(35)31-20-14-39-26(17-9-8-10-17)25(20)32-29-30-13-18-11-19(28(36)34(4)27(18)33-29)24-15(2)21(37-5)12-22(38-6)16(24)3/h7-13,20,25-26H,1,14H2,2-6H3,(H,31,35)(H,30,32,33)/t20-,25-,26?/m0/s1. The molecule has 3 atom stereocenters. The van der Waals surface area contributed by atoms with E-state index in [0.717, 1.165) is 22.3 Å². The Morgan fingerprint density at radius 2 is 1.90 bits per heavy atom. The van der Waals surface area contributed by atoms with E-state index in [9.17, 15) is 9.59 Å². The molecule has 10 heteroatoms. The van der Waals surface area contributed by atoms with Gasteiger partial charge in [-0.15, -0.1) is 0 Å². The SMILES string of the molecule is C=CC(=O)N[C@H]1COC(C2=CC=C2)[C@H]1Nc1ncc2cc(-c3c(C)c(OC)cc(OC)c3C)c(=O)n(C)c2n1. The minimum atomic E-state index is -0.326. The van der Waals surface area contributed by atoms with Gasteiger partial charge in [0.1, 0.15) is 23.3 Å². The van der Waals surface area contributed by atoms with Crippen LogP contribution < -0.4 is 25.7 Å². The summed E-state index contributed by atoms with van der Waals surface area (Å²) in [6.45, 7) is 7.70. The van der Waals surface area contributed by atoms with Gasteiger partial charge in [0.25, 0.3) is 5.56 Å². The van der Waals surface area contributed by atoms with Crippen LogP contribution in [0.5, 0.6) is 11.5 Å². The van der Waals surface area contributed by atoms with Crippen LogP contribution in [0.4, 0.5) is 5.95 Å². The number of rotatable bonds is 8. The number of ether oxygens (including phenoxy) is 3. The van der Waals surface area contributed by atoms with Crippen molar-refractivity contribution in [2.75, 3.05) is 26.1 Å². The number of nitrogens with one attached hydrogen (secondary N) is 2. The molecule has 2 N–H and O–H groups in total. The highest BCUT2D eigenvalue weighted by Crippen LogP contribution is 2.38. The van der Waals surface area contributed by atoms with Crippen LogP contribution in [0.3, 0.4) is 0 Å². The van der Waals surface area contributed by atoms with Gasteiger partial charge >= 0.3 is 0 Å². The number of nitrogens with zero attached hydrogens (tertiary/aromatic N) is 3. The molecule has 39 heavy (non-hydrogen) atoms. The number of fused-ring (bicyclic) bond motifs is 1. The molecule has 1 unspecified atom stereocenters. The van der Waals surface area contributed by atoms with Crippen molar-refractivity contribution in [1.29, 1.82) is 0 Å². The predicted molar refractivity (Wildman–Crippen MR) is 149 cm³/mol. The molecule has 0 saturated carbocycles. The zero-order valence-electron chi connectivity index (χ0n) is 22.6. The third-order valence-corrected chi connectivity index (χ3v) is 7.34. The van der Waals surface area contributed by atoms with Crippen molar-refractivity contribution >= 4 is 22.9 Å². The number of benzene rings is 1. The molecule has 0 bridgehead atoms. The highest BCUT2D eigenvalue weighted by atomic mass is 16.5. The molecule has 1 fully saturated rings. The average molecular weight is 530 g/mol. The van der Waals surface area contributed by atoms with Crippen LogP contribution in [0.1, 0.15) is 11.1 Å². The largest absolute Gasteiger partial charge is 0.496 e. The number of amides is 1. The number of aryl methyl sites for hydroxylation is 1. The van der Waals surface area contributed by atoms with Crippen LogP contribution in [-0.2, 0) is 16.6 Å². The summed E-state index contributed by atoms with van der Waals surface area (Å²) in [7, 11) is 4.87. The van der Waals surface area contributed by atoms with Gasteiger partial charge in [0, 0.05) is 35.8 Å². The van der Waals surface area contributed by atoms with Gasteiger partial charge in [0.05, 0.1) is 32.9 Å². The molecule has 0 radical (unpaired) electrons. The highest BCUT2D eigenvalue weighted by Gasteiger charge is 2.40. The van der Waals surface area contributed by atoms with Gasteiger partial charge in [-0.25, -0.2) is 4.98 Å². The number of methoxy groups -OCH3 is 2. The Balaban J connectivity index is 1.55. The van der Waals surface area contributed by atoms with Crippen molar-refractivity contribution in [3.8, 4) is 22.6 Å². The van der Waals surface area contributed by atoms with Crippen molar-refractivity contribution in [3.63, 3.8) is 0 Å². The van der Waals surface area contributed by atoms with Crippen LogP contribution in [0.2, 0.25) is 0 Å². The third-order valence-electron chi connectivity index (χ3n) is 7.34. The van der Waals surface area contributed by atoms with Gasteiger partial charge in [-0.1, -0.05) is 24.8 Å². The molecule has 5 rings (SSSR count). The molecule has 1 aromatic carbocycles. The van der Waals surface area contributed by atoms with Crippen molar-refractivity contribution in [2.45, 2.75) is 32.0 Å². The summed E-state index contributed by atoms with van der Waals surface area (Å²) in [6.07, 6.45) is 8.51. The Kier molecular flexibility index (Phi) is 6.96. The van der Waals surface area contributed by atoms with Crippen LogP contribution in [0, 0.1) is 13.8 Å². The topological polar surface area (TPSA) is 117 Å². The maximum Gasteiger partial charge on any atom is 0.259 e. The molecule has 1 aliphatic heterocycles. The summed E-state index contributed by atoms with van der Waals surface area (Å²) in [5, 5.41) is 6.94. The van der Waals surface area contributed by atoms with E-state index in [2.05, 4.69) is 27.2 Å². The van der Waals surface area contributed by atoms with Gasteiger partial charge < -0.3 is 24.8 Å². The monoisotopic (exact) mass is 529 g/mol. The predicted octanol–water partition coefficient (Wildman–Crippen LogP) is 2.98. The Labute approximate surface area is 226 Å². The summed E-state index contributed by atoms with van der Waals surface area (Å²) < 4.78 is 18.6. The van der Waals surface area contributed by atoms with E-state index in [1.54, 1.807) is 33.5 Å². The fourth-order valence-electron chi connectivity index (χ4n) is 5.21. The van der Waals surface area contributed by atoms with Crippen LogP contribution >= 0.6 is 0 Å². The number of carbonyl (C=O) groups is 1. The number of carbonyl (C=O) groups excluding carboxylic acids is 1. The van der Waals surface area contributed by atoms with E-state index in [-0.39, 0.29) is 29.7 Å². The fraction of sp³-hybridized carbons (Fsp3) is 0.310. The summed E-state index contributed by atoms with van der Waals surface area (Å²) in [5.41, 5.74) is 4.20. The van der Waals surface area contributed by atoms with E-state index in [0.29, 0.717) is 40.7 Å². The molecular formula is C29H31N5O5. The number of hydrogen-bond donors (Lipinski definition) is 2. The fourth-order valence-corrected chi connectivity index (χ4v) is 5.21. The van der Waals surface area contributed by atoms with E-state index in [1.165, 1.54) is 10.6 Å². The summed E-state index contributed by atoms with van der Waals surface area (Å²) in [4.78, 5) is 34.9. The van der Waals surface area contributed by atoms with Gasteiger partial charge in [-0.3, -0.25) is 14.2 Å². The van der Waals surface area contributed by atoms with Crippen molar-refractivity contribution in [2.24, 2.45) is 7.05 Å². The van der Waals surface area contributed by atoms with E-state index >= 15 is 0 Å². The van der Waals surface area contributed by atoms with Crippen molar-refractivity contribution in [3.05, 3.63) is 76.3 Å². The lowest BCUT2D eigenvalue weighted by Gasteiger charge is -2.26. The highest BCUT2D eigenvalue weighted by molar-refractivity contribution is 5.87. The molecule has 2 aromatic heterocycles. The van der Waals surface area contributed by atoms with Gasteiger partial charge in [-0.2, -0.15) is 4.98 Å². The van der Waals surface area contributed by atoms with Crippen molar-refractivity contribution < 1.29 is 19.0 Å². The molecular weight excluding hydrogens is 498 g/mol. The Morgan fingerprint density at radius 3 is 2.49 bits per heavy atom. The third kappa shape index (κ3) is 4.57. The first-order chi connectivity index (χ1) is 18.8. The zero-order valence-corrected chi connectivity index (χ0v) is 22.6. The number of pyridine rings is 1. The lowest BCUT2D eigenvalue weighted by atomic mass is 9.94. The molecule has 1 aliphatic carbocycles. The van der Waals surface area contributed by atoms with Gasteiger partial charge in [-0.05, 0) is 42.7 Å². The zero-order chi connectivity index (χ0) is 27.8. The number of allylic oxidation sites excluding steroid dienone is 2. The van der Waals surface area contributed by atoms with Gasteiger partial charge in [0.2, 0.25) is 11.9 Å². The van der Waals surface area contributed by atoms with Crippen LogP contribution in [0.25, 0.3) is 22.2 Å². The second-order valence-electron chi connectivity index (χ2n) is 9.57. The van der Waals surface area contributed by atoms with E-state index in [4.69, 9.17) is 14.2 Å². The lowest BCUT2D eigenvalue weighted by molar-refractivity contribution is -0.117. The van der Waals surface area contributed by atoms with Crippen LogP contribution in [-0.4, -0.2) is 59.5 Å². The minimum absolute atomic E-state index is 0.211. The Morgan fingerprint density at radius 1 is 1.21 bits per heavy atom. The second-order valence-corrected chi connectivity index (χ2v) is 9.57. The molecule has 0 spiro atoms. The number of anilines is 1. The van der Waals surface area contributed by atoms with E-state index < -0.39 is 0 Å². The first-order valence-corrected chi connectivity index (χ1v) is 12.6. The lowest BCUT2D eigenvalue weighted by Crippen LogP contribution is -2.48. The summed E-state index contributed by atoms with van der Waals surface area (Å²) in [5.74, 6) is 1.30. The van der Waals surface area contributed by atoms with E-state index in [1.807, 2.05) is 38.1 Å². The average Bonchev–Trinajstić information content (AvgIpc) is 3.27. The smallest absolute Gasteiger partial charge is 0.259 e. The number of aromatic nitrogens is 3. The maximum atomic E-state index is 13.6. The Hall–Kier alpha value is -4.44. The first kappa shape index (κ1) is 26.2. The Bertz CT molecular complexity index is 1580. The molecule has 2 aliphatic rings. The summed E-state index contributed by atoms with van der Waals surface area (Å²) in [6, 6.07) is 2.97. The first-order valence-electron chi connectivity index (χ1n) is 12.6.